The molecule has 1 saturated heterocycles. The van der Waals surface area contributed by atoms with Crippen molar-refractivity contribution < 1.29 is 9.18 Å². The van der Waals surface area contributed by atoms with Crippen molar-refractivity contribution in [3.63, 3.8) is 0 Å². The molecule has 6 nitrogen and oxygen atoms in total. The van der Waals surface area contributed by atoms with Crippen LogP contribution in [0.5, 0.6) is 0 Å². The SMILES string of the molecule is Cc1ccc(C2C(c3ccccn3)NC(=S)N2CCC(=O)Nc2ccc(F)cc2)n1C. The summed E-state index contributed by atoms with van der Waals surface area (Å²) in [5, 5.41) is 6.79. The van der Waals surface area contributed by atoms with Crippen LogP contribution in [0.15, 0.2) is 60.8 Å². The number of benzene rings is 1. The van der Waals surface area contributed by atoms with Crippen molar-refractivity contribution in [2.24, 2.45) is 7.05 Å². The number of carbonyl (C=O) groups is 1. The van der Waals surface area contributed by atoms with Gasteiger partial charge in [0.05, 0.1) is 17.8 Å². The average molecular weight is 438 g/mol. The molecule has 3 aromatic rings. The molecule has 2 N–H and O–H groups in total. The van der Waals surface area contributed by atoms with E-state index >= 15 is 0 Å². The molecular weight excluding hydrogens is 413 g/mol. The standard InChI is InChI=1S/C23H24FN5OS/c1-15-6-11-19(28(15)2)22-21(18-5-3-4-13-25-18)27-23(31)29(22)14-12-20(30)26-17-9-7-16(24)8-10-17/h3-11,13,21-22H,12,14H2,1-2H3,(H,26,30)(H,27,31). The normalized spacial score (nSPS) is 18.2. The first-order valence-electron chi connectivity index (χ1n) is 10.1. The smallest absolute Gasteiger partial charge is 0.226 e. The van der Waals surface area contributed by atoms with Gasteiger partial charge in [0, 0.05) is 43.3 Å². The van der Waals surface area contributed by atoms with Crippen molar-refractivity contribution in [2.75, 3.05) is 11.9 Å². The number of nitrogens with zero attached hydrogens (tertiary/aromatic N) is 3. The van der Waals surface area contributed by atoms with Crippen LogP contribution in [0.4, 0.5) is 10.1 Å². The van der Waals surface area contributed by atoms with Crippen LogP contribution in [0, 0.1) is 12.7 Å². The number of nitrogens with one attached hydrogen (secondary N) is 2. The van der Waals surface area contributed by atoms with E-state index < -0.39 is 0 Å². The second kappa shape index (κ2) is 8.85. The Morgan fingerprint density at radius 1 is 1.19 bits per heavy atom. The van der Waals surface area contributed by atoms with E-state index in [-0.39, 0.29) is 30.2 Å². The minimum atomic E-state index is -0.340. The third-order valence-corrected chi connectivity index (χ3v) is 5.97. The van der Waals surface area contributed by atoms with E-state index in [1.165, 1.54) is 12.1 Å². The quantitative estimate of drug-likeness (QED) is 0.574. The minimum Gasteiger partial charge on any atom is -0.352 e. The molecule has 160 valence electrons. The highest BCUT2D eigenvalue weighted by Crippen LogP contribution is 2.38. The largest absolute Gasteiger partial charge is 0.352 e. The summed E-state index contributed by atoms with van der Waals surface area (Å²) in [5.41, 5.74) is 3.70. The fourth-order valence-corrected chi connectivity index (χ4v) is 4.21. The first kappa shape index (κ1) is 21.0. The molecule has 8 heteroatoms. The molecule has 0 saturated carbocycles. The molecule has 4 rings (SSSR count). The Morgan fingerprint density at radius 2 is 1.97 bits per heavy atom. The van der Waals surface area contributed by atoms with Gasteiger partial charge in [0.1, 0.15) is 5.82 Å². The second-order valence-electron chi connectivity index (χ2n) is 7.58. The molecule has 1 aliphatic heterocycles. The van der Waals surface area contributed by atoms with Crippen LogP contribution in [0.2, 0.25) is 0 Å². The number of hydrogen-bond donors (Lipinski definition) is 2. The molecule has 1 aromatic carbocycles. The highest BCUT2D eigenvalue weighted by molar-refractivity contribution is 7.80. The van der Waals surface area contributed by atoms with Crippen molar-refractivity contribution >= 4 is 28.9 Å². The van der Waals surface area contributed by atoms with Gasteiger partial charge in [-0.3, -0.25) is 9.78 Å². The molecule has 1 aliphatic rings. The van der Waals surface area contributed by atoms with Gasteiger partial charge in [-0.1, -0.05) is 6.07 Å². The lowest BCUT2D eigenvalue weighted by molar-refractivity contribution is -0.116. The van der Waals surface area contributed by atoms with Crippen LogP contribution in [0.3, 0.4) is 0 Å². The Morgan fingerprint density at radius 3 is 2.61 bits per heavy atom. The summed E-state index contributed by atoms with van der Waals surface area (Å²) >= 11 is 5.65. The van der Waals surface area contributed by atoms with Gasteiger partial charge < -0.3 is 20.1 Å². The van der Waals surface area contributed by atoms with Crippen molar-refractivity contribution in [2.45, 2.75) is 25.4 Å². The maximum Gasteiger partial charge on any atom is 0.226 e. The van der Waals surface area contributed by atoms with Crippen LogP contribution in [0.25, 0.3) is 0 Å². The Labute approximate surface area is 186 Å². The predicted octanol–water partition coefficient (Wildman–Crippen LogP) is 3.87. The van der Waals surface area contributed by atoms with Gasteiger partial charge in [0.25, 0.3) is 0 Å². The molecule has 1 amide bonds. The molecule has 3 heterocycles. The van der Waals surface area contributed by atoms with Gasteiger partial charge in [0.2, 0.25) is 5.91 Å². The zero-order chi connectivity index (χ0) is 22.0. The number of aryl methyl sites for hydroxylation is 1. The summed E-state index contributed by atoms with van der Waals surface area (Å²) in [4.78, 5) is 19.1. The van der Waals surface area contributed by atoms with Crippen LogP contribution >= 0.6 is 12.2 Å². The maximum absolute atomic E-state index is 13.1. The van der Waals surface area contributed by atoms with Crippen LogP contribution in [-0.2, 0) is 11.8 Å². The van der Waals surface area contributed by atoms with Crippen LogP contribution in [0.1, 0.15) is 35.6 Å². The third kappa shape index (κ3) is 4.44. The molecular formula is C23H24FN5OS. The van der Waals surface area contributed by atoms with Crippen LogP contribution < -0.4 is 10.6 Å². The molecule has 0 spiro atoms. The average Bonchev–Trinajstić information content (AvgIpc) is 3.27. The van der Waals surface area contributed by atoms with Gasteiger partial charge >= 0.3 is 0 Å². The summed E-state index contributed by atoms with van der Waals surface area (Å²) in [6.07, 6.45) is 2.01. The van der Waals surface area contributed by atoms with Crippen molar-refractivity contribution in [3.05, 3.63) is 83.7 Å². The number of pyridine rings is 1. The van der Waals surface area contributed by atoms with E-state index in [4.69, 9.17) is 12.2 Å². The van der Waals surface area contributed by atoms with Crippen molar-refractivity contribution in [1.82, 2.24) is 19.8 Å². The van der Waals surface area contributed by atoms with E-state index in [0.717, 1.165) is 17.1 Å². The fraction of sp³-hybridized carbons (Fsp3) is 0.261. The highest BCUT2D eigenvalue weighted by atomic mass is 32.1. The lowest BCUT2D eigenvalue weighted by atomic mass is 10.0. The van der Waals surface area contributed by atoms with E-state index in [9.17, 15) is 9.18 Å². The van der Waals surface area contributed by atoms with Crippen molar-refractivity contribution in [3.8, 4) is 0 Å². The van der Waals surface area contributed by atoms with Gasteiger partial charge in [0.15, 0.2) is 5.11 Å². The molecule has 31 heavy (non-hydrogen) atoms. The highest BCUT2D eigenvalue weighted by Gasteiger charge is 2.41. The summed E-state index contributed by atoms with van der Waals surface area (Å²) in [6.45, 7) is 2.50. The lowest BCUT2D eigenvalue weighted by Gasteiger charge is -2.28. The number of aromatic nitrogens is 2. The first-order valence-corrected chi connectivity index (χ1v) is 10.5. The number of rotatable bonds is 6. The Hall–Kier alpha value is -3.26. The molecule has 2 aromatic heterocycles. The summed E-state index contributed by atoms with van der Waals surface area (Å²) in [5.74, 6) is -0.495. The first-order chi connectivity index (χ1) is 14.9. The summed E-state index contributed by atoms with van der Waals surface area (Å²) < 4.78 is 15.2. The van der Waals surface area contributed by atoms with Gasteiger partial charge in [-0.05, 0) is 67.7 Å². The van der Waals surface area contributed by atoms with Crippen molar-refractivity contribution in [1.29, 1.82) is 0 Å². The van der Waals surface area contributed by atoms with E-state index in [0.29, 0.717) is 17.3 Å². The van der Waals surface area contributed by atoms with Gasteiger partial charge in [-0.25, -0.2) is 4.39 Å². The number of amides is 1. The molecule has 0 bridgehead atoms. The van der Waals surface area contributed by atoms with Gasteiger partial charge in [-0.15, -0.1) is 0 Å². The zero-order valence-corrected chi connectivity index (χ0v) is 18.2. The minimum absolute atomic E-state index is 0.0975. The molecule has 2 unspecified atom stereocenters. The molecule has 2 atom stereocenters. The summed E-state index contributed by atoms with van der Waals surface area (Å²) in [6, 6.07) is 15.5. The Kier molecular flexibility index (Phi) is 5.99. The number of carbonyl (C=O) groups excluding carboxylic acids is 1. The van der Waals surface area contributed by atoms with Crippen LogP contribution in [-0.4, -0.2) is 32.0 Å². The number of anilines is 1. The second-order valence-corrected chi connectivity index (χ2v) is 7.97. The fourth-order valence-electron chi connectivity index (χ4n) is 3.88. The molecule has 0 radical (unpaired) electrons. The maximum atomic E-state index is 13.1. The third-order valence-electron chi connectivity index (χ3n) is 5.62. The predicted molar refractivity (Wildman–Crippen MR) is 122 cm³/mol. The topological polar surface area (TPSA) is 62.2 Å². The zero-order valence-electron chi connectivity index (χ0n) is 17.4. The number of halogens is 1. The Balaban J connectivity index is 1.54. The molecule has 1 fully saturated rings. The van der Waals surface area contributed by atoms with E-state index in [1.807, 2.05) is 30.1 Å². The van der Waals surface area contributed by atoms with E-state index in [2.05, 4.69) is 39.2 Å². The Bertz CT molecular complexity index is 1080. The molecule has 0 aliphatic carbocycles. The van der Waals surface area contributed by atoms with E-state index in [1.54, 1.807) is 18.3 Å². The monoisotopic (exact) mass is 437 g/mol. The van der Waals surface area contributed by atoms with Gasteiger partial charge in [-0.2, -0.15) is 0 Å². The number of hydrogen-bond acceptors (Lipinski definition) is 3. The lowest BCUT2D eigenvalue weighted by Crippen LogP contribution is -2.33. The summed E-state index contributed by atoms with van der Waals surface area (Å²) in [7, 11) is 2.03. The number of thiocarbonyl (C=S) groups is 1.